The van der Waals surface area contributed by atoms with Crippen molar-refractivity contribution >= 4 is 57.7 Å². The summed E-state index contributed by atoms with van der Waals surface area (Å²) in [5.74, 6) is -0.0515. The Morgan fingerprint density at radius 2 is 2.06 bits per heavy atom. The zero-order valence-corrected chi connectivity index (χ0v) is 19.8. The van der Waals surface area contributed by atoms with Gasteiger partial charge in [-0.1, -0.05) is 30.0 Å². The van der Waals surface area contributed by atoms with Gasteiger partial charge in [0.1, 0.15) is 15.8 Å². The minimum atomic E-state index is -0.248. The largest absolute Gasteiger partial charge is 0.466 e. The molecule has 32 heavy (non-hydrogen) atoms. The summed E-state index contributed by atoms with van der Waals surface area (Å²) >= 11 is 6.40. The molecule has 0 aromatic carbocycles. The van der Waals surface area contributed by atoms with E-state index in [1.54, 1.807) is 32.3 Å². The molecule has 8 nitrogen and oxygen atoms in total. The number of carbonyl (C=O) groups excluding carboxylic acids is 2. The van der Waals surface area contributed by atoms with E-state index in [-0.39, 0.29) is 23.4 Å². The molecule has 4 rings (SSSR count). The van der Waals surface area contributed by atoms with Crippen LogP contribution in [-0.2, 0) is 14.3 Å². The third kappa shape index (κ3) is 4.04. The second-order valence-corrected chi connectivity index (χ2v) is 9.47. The Bertz CT molecular complexity index is 1200. The van der Waals surface area contributed by atoms with Crippen molar-refractivity contribution in [2.24, 2.45) is 5.92 Å². The number of thioether (sulfide) groups is 1. The van der Waals surface area contributed by atoms with Crippen LogP contribution in [0.25, 0.3) is 11.7 Å². The summed E-state index contributed by atoms with van der Waals surface area (Å²) in [6, 6.07) is 3.70. The highest BCUT2D eigenvalue weighted by molar-refractivity contribution is 8.26. The number of esters is 1. The number of likely N-dealkylation sites (N-methyl/N-ethyl adjacent to an activating group) is 1. The highest BCUT2D eigenvalue weighted by Crippen LogP contribution is 2.33. The van der Waals surface area contributed by atoms with E-state index in [1.165, 1.54) is 21.1 Å². The van der Waals surface area contributed by atoms with E-state index in [9.17, 15) is 14.4 Å². The van der Waals surface area contributed by atoms with Gasteiger partial charge in [0.25, 0.3) is 11.5 Å². The third-order valence-corrected chi connectivity index (χ3v) is 7.23. The molecule has 1 amide bonds. The first-order valence-electron chi connectivity index (χ1n) is 10.5. The van der Waals surface area contributed by atoms with Crippen LogP contribution >= 0.6 is 24.0 Å². The molecular formula is C22H24N4O4S2. The Kier molecular flexibility index (Phi) is 6.34. The summed E-state index contributed by atoms with van der Waals surface area (Å²) in [7, 11) is 1.62. The molecule has 0 saturated carbocycles. The molecule has 0 bridgehead atoms. The van der Waals surface area contributed by atoms with E-state index in [0.717, 1.165) is 5.56 Å². The normalized spacial score (nSPS) is 18.8. The molecule has 0 radical (unpaired) electrons. The molecule has 2 aromatic rings. The monoisotopic (exact) mass is 472 g/mol. The van der Waals surface area contributed by atoms with Gasteiger partial charge in [-0.05, 0) is 44.4 Å². The molecule has 0 atom stereocenters. The fourth-order valence-corrected chi connectivity index (χ4v) is 5.09. The van der Waals surface area contributed by atoms with Crippen LogP contribution in [0.15, 0.2) is 28.0 Å². The van der Waals surface area contributed by atoms with Crippen molar-refractivity contribution in [3.8, 4) is 0 Å². The number of carbonyl (C=O) groups is 2. The van der Waals surface area contributed by atoms with Crippen LogP contribution in [0.5, 0.6) is 0 Å². The molecule has 4 heterocycles. The lowest BCUT2D eigenvalue weighted by atomic mass is 9.96. The van der Waals surface area contributed by atoms with Crippen LogP contribution in [0.3, 0.4) is 0 Å². The van der Waals surface area contributed by atoms with Crippen LogP contribution in [0.1, 0.15) is 30.9 Å². The minimum absolute atomic E-state index is 0.158. The van der Waals surface area contributed by atoms with E-state index < -0.39 is 0 Å². The number of aryl methyl sites for hydroxylation is 1. The number of pyridine rings is 1. The zero-order valence-electron chi connectivity index (χ0n) is 18.2. The number of thiocarbonyl (C=S) groups is 1. The Hall–Kier alpha value is -2.72. The molecule has 2 aliphatic rings. The van der Waals surface area contributed by atoms with Gasteiger partial charge in [-0.2, -0.15) is 0 Å². The number of hydrogen-bond donors (Lipinski definition) is 0. The maximum absolute atomic E-state index is 13.5. The lowest BCUT2D eigenvalue weighted by molar-refractivity contribution is -0.148. The van der Waals surface area contributed by atoms with Crippen LogP contribution < -0.4 is 10.5 Å². The van der Waals surface area contributed by atoms with E-state index in [2.05, 4.69) is 0 Å². The molecule has 0 unspecified atom stereocenters. The fourth-order valence-electron chi connectivity index (χ4n) is 3.93. The SMILES string of the molecule is CCOC(=O)C1CCN(c2nc3c(C)cccn3c(=O)c2/C=C2\SC(=S)N(C)C2=O)CC1. The van der Waals surface area contributed by atoms with E-state index in [0.29, 0.717) is 58.8 Å². The van der Waals surface area contributed by atoms with Crippen LogP contribution in [-0.4, -0.2) is 57.2 Å². The van der Waals surface area contributed by atoms with Gasteiger partial charge >= 0.3 is 5.97 Å². The lowest BCUT2D eigenvalue weighted by Gasteiger charge is -2.32. The van der Waals surface area contributed by atoms with Crippen molar-refractivity contribution in [3.05, 3.63) is 44.7 Å². The van der Waals surface area contributed by atoms with Gasteiger partial charge in [0.15, 0.2) is 0 Å². The zero-order chi connectivity index (χ0) is 23.0. The molecule has 2 saturated heterocycles. The van der Waals surface area contributed by atoms with Crippen molar-refractivity contribution < 1.29 is 14.3 Å². The molecule has 2 aromatic heterocycles. The van der Waals surface area contributed by atoms with Crippen molar-refractivity contribution in [1.29, 1.82) is 0 Å². The minimum Gasteiger partial charge on any atom is -0.466 e. The van der Waals surface area contributed by atoms with Gasteiger partial charge in [0.2, 0.25) is 0 Å². The number of hydrogen-bond acceptors (Lipinski definition) is 8. The molecule has 2 aliphatic heterocycles. The summed E-state index contributed by atoms with van der Waals surface area (Å²) in [6.07, 6.45) is 4.50. The highest BCUT2D eigenvalue weighted by Gasteiger charge is 2.32. The van der Waals surface area contributed by atoms with Gasteiger partial charge in [-0.15, -0.1) is 0 Å². The number of ether oxygens (including phenoxy) is 1. The first kappa shape index (κ1) is 22.5. The van der Waals surface area contributed by atoms with Crippen LogP contribution in [0.4, 0.5) is 5.82 Å². The van der Waals surface area contributed by atoms with Gasteiger partial charge in [-0.3, -0.25) is 23.7 Å². The molecule has 2 fully saturated rings. The second-order valence-electron chi connectivity index (χ2n) is 7.79. The predicted octanol–water partition coefficient (Wildman–Crippen LogP) is 2.61. The van der Waals surface area contributed by atoms with Crippen molar-refractivity contribution in [2.45, 2.75) is 26.7 Å². The van der Waals surface area contributed by atoms with E-state index in [1.807, 2.05) is 17.9 Å². The average Bonchev–Trinajstić information content (AvgIpc) is 3.03. The molecular weight excluding hydrogens is 448 g/mol. The third-order valence-electron chi connectivity index (χ3n) is 5.74. The molecule has 0 spiro atoms. The summed E-state index contributed by atoms with van der Waals surface area (Å²) in [6.45, 7) is 5.19. The molecule has 0 N–H and O–H groups in total. The standard InChI is InChI=1S/C22H24N4O4S2/c1-4-30-21(29)14-7-10-25(11-8-14)18-15(12-16-20(28)24(3)22(31)32-16)19(27)26-9-5-6-13(2)17(26)23-18/h5-6,9,12,14H,4,7-8,10-11H2,1-3H3/b16-12-. The van der Waals surface area contributed by atoms with Gasteiger partial charge < -0.3 is 9.64 Å². The Balaban J connectivity index is 1.78. The molecule has 10 heteroatoms. The fraction of sp³-hybridized carbons (Fsp3) is 0.409. The van der Waals surface area contributed by atoms with Crippen molar-refractivity contribution in [3.63, 3.8) is 0 Å². The number of fused-ring (bicyclic) bond motifs is 1. The summed E-state index contributed by atoms with van der Waals surface area (Å²) in [4.78, 5) is 46.8. The van der Waals surface area contributed by atoms with Gasteiger partial charge in [-0.25, -0.2) is 4.98 Å². The highest BCUT2D eigenvalue weighted by atomic mass is 32.2. The summed E-state index contributed by atoms with van der Waals surface area (Å²) in [5.41, 5.74) is 1.54. The number of anilines is 1. The molecule has 168 valence electrons. The van der Waals surface area contributed by atoms with E-state index >= 15 is 0 Å². The quantitative estimate of drug-likeness (QED) is 0.382. The van der Waals surface area contributed by atoms with E-state index in [4.69, 9.17) is 21.9 Å². The average molecular weight is 473 g/mol. The Labute approximate surface area is 195 Å². The van der Waals surface area contributed by atoms with Crippen molar-refractivity contribution in [1.82, 2.24) is 14.3 Å². The topological polar surface area (TPSA) is 84.2 Å². The maximum Gasteiger partial charge on any atom is 0.309 e. The number of aromatic nitrogens is 2. The molecule has 0 aliphatic carbocycles. The number of nitrogens with zero attached hydrogens (tertiary/aromatic N) is 4. The first-order chi connectivity index (χ1) is 15.3. The van der Waals surface area contributed by atoms with Gasteiger partial charge in [0, 0.05) is 26.3 Å². The van der Waals surface area contributed by atoms with Crippen LogP contribution in [0.2, 0.25) is 0 Å². The predicted molar refractivity (Wildman–Crippen MR) is 129 cm³/mol. The summed E-state index contributed by atoms with van der Waals surface area (Å²) in [5, 5.41) is 0. The lowest BCUT2D eigenvalue weighted by Crippen LogP contribution is -2.39. The Morgan fingerprint density at radius 3 is 2.69 bits per heavy atom. The number of amides is 1. The summed E-state index contributed by atoms with van der Waals surface area (Å²) < 4.78 is 7.12. The number of piperidine rings is 1. The van der Waals surface area contributed by atoms with Gasteiger partial charge in [0.05, 0.1) is 23.0 Å². The maximum atomic E-state index is 13.5. The Morgan fingerprint density at radius 1 is 1.34 bits per heavy atom. The first-order valence-corrected chi connectivity index (χ1v) is 11.7. The number of rotatable bonds is 4. The smallest absolute Gasteiger partial charge is 0.309 e. The van der Waals surface area contributed by atoms with Crippen LogP contribution in [0, 0.1) is 12.8 Å². The van der Waals surface area contributed by atoms with Crippen molar-refractivity contribution in [2.75, 3.05) is 31.6 Å². The second kappa shape index (κ2) is 9.03.